The lowest BCUT2D eigenvalue weighted by atomic mass is 10.0. The summed E-state index contributed by atoms with van der Waals surface area (Å²) in [4.78, 5) is 0. The molecule has 1 atom stereocenters. The summed E-state index contributed by atoms with van der Waals surface area (Å²) in [5.74, 6) is -0.173. The Balaban J connectivity index is 2.06. The molecule has 0 bridgehead atoms. The minimum atomic E-state index is -0.173. The topological polar surface area (TPSA) is 12.0 Å². The number of halogens is 2. The lowest BCUT2D eigenvalue weighted by molar-refractivity contribution is 0.544. The van der Waals surface area contributed by atoms with E-state index in [1.807, 2.05) is 6.07 Å². The quantitative estimate of drug-likeness (QED) is 0.823. The van der Waals surface area contributed by atoms with Gasteiger partial charge in [-0.25, -0.2) is 4.39 Å². The molecule has 1 unspecified atom stereocenters. The van der Waals surface area contributed by atoms with Crippen molar-refractivity contribution in [1.82, 2.24) is 5.32 Å². The van der Waals surface area contributed by atoms with Crippen LogP contribution in [0.1, 0.15) is 35.2 Å². The van der Waals surface area contributed by atoms with Gasteiger partial charge < -0.3 is 5.32 Å². The van der Waals surface area contributed by atoms with E-state index in [1.165, 1.54) is 22.8 Å². The average molecular weight is 336 g/mol. The molecular formula is C17H19BrFN. The summed E-state index contributed by atoms with van der Waals surface area (Å²) in [6.45, 7) is 6.83. The van der Waals surface area contributed by atoms with Crippen LogP contribution >= 0.6 is 15.9 Å². The number of nitrogens with one attached hydrogen (secondary N) is 1. The second kappa shape index (κ2) is 6.51. The Morgan fingerprint density at radius 1 is 1.10 bits per heavy atom. The van der Waals surface area contributed by atoms with E-state index in [0.29, 0.717) is 12.1 Å². The summed E-state index contributed by atoms with van der Waals surface area (Å²) in [6.07, 6.45) is 0. The standard InChI is InChI=1S/C17H19BrFN/c1-11-4-5-14(8-12(11)2)13(3)20-10-15-9-16(18)6-7-17(15)19/h4-9,13,20H,10H2,1-3H3. The van der Waals surface area contributed by atoms with Gasteiger partial charge in [-0.2, -0.15) is 0 Å². The first kappa shape index (κ1) is 15.2. The molecule has 0 spiro atoms. The van der Waals surface area contributed by atoms with Gasteiger partial charge in [0.2, 0.25) is 0 Å². The van der Waals surface area contributed by atoms with Crippen LogP contribution in [0, 0.1) is 19.7 Å². The highest BCUT2D eigenvalue weighted by Gasteiger charge is 2.08. The van der Waals surface area contributed by atoms with Gasteiger partial charge in [0.15, 0.2) is 0 Å². The molecule has 0 aromatic heterocycles. The zero-order valence-electron chi connectivity index (χ0n) is 12.0. The molecule has 2 aromatic carbocycles. The predicted molar refractivity (Wildman–Crippen MR) is 85.3 cm³/mol. The third-order valence-electron chi connectivity index (χ3n) is 3.64. The van der Waals surface area contributed by atoms with E-state index in [0.717, 1.165) is 4.47 Å². The molecular weight excluding hydrogens is 317 g/mol. The first-order valence-electron chi connectivity index (χ1n) is 6.72. The number of aryl methyl sites for hydroxylation is 2. The van der Waals surface area contributed by atoms with Gasteiger partial charge >= 0.3 is 0 Å². The van der Waals surface area contributed by atoms with Gasteiger partial charge in [-0.05, 0) is 55.7 Å². The Morgan fingerprint density at radius 3 is 2.55 bits per heavy atom. The van der Waals surface area contributed by atoms with Gasteiger partial charge in [0.05, 0.1) is 0 Å². The summed E-state index contributed by atoms with van der Waals surface area (Å²) >= 11 is 3.37. The van der Waals surface area contributed by atoms with Gasteiger partial charge in [0.1, 0.15) is 5.82 Å². The summed E-state index contributed by atoms with van der Waals surface area (Å²) in [7, 11) is 0. The SMILES string of the molecule is Cc1ccc(C(C)NCc2cc(Br)ccc2F)cc1C. The lowest BCUT2D eigenvalue weighted by Crippen LogP contribution is -2.19. The summed E-state index contributed by atoms with van der Waals surface area (Å²) in [6, 6.07) is 11.6. The van der Waals surface area contributed by atoms with Crippen LogP contribution in [-0.2, 0) is 6.54 Å². The zero-order valence-corrected chi connectivity index (χ0v) is 13.6. The maximum atomic E-state index is 13.7. The molecule has 0 aliphatic rings. The van der Waals surface area contributed by atoms with Crippen molar-refractivity contribution in [2.75, 3.05) is 0 Å². The van der Waals surface area contributed by atoms with Gasteiger partial charge in [0, 0.05) is 22.6 Å². The van der Waals surface area contributed by atoms with Crippen LogP contribution in [0.5, 0.6) is 0 Å². The first-order chi connectivity index (χ1) is 9.47. The largest absolute Gasteiger partial charge is 0.306 e. The molecule has 0 aliphatic heterocycles. The Hall–Kier alpha value is -1.19. The first-order valence-corrected chi connectivity index (χ1v) is 7.51. The molecule has 20 heavy (non-hydrogen) atoms. The van der Waals surface area contributed by atoms with Gasteiger partial charge in [-0.1, -0.05) is 34.1 Å². The molecule has 1 nitrogen and oxygen atoms in total. The van der Waals surface area contributed by atoms with Crippen LogP contribution in [0.4, 0.5) is 4.39 Å². The molecule has 0 heterocycles. The number of benzene rings is 2. The fourth-order valence-corrected chi connectivity index (χ4v) is 2.50. The minimum absolute atomic E-state index is 0.173. The van der Waals surface area contributed by atoms with Crippen molar-refractivity contribution < 1.29 is 4.39 Å². The van der Waals surface area contributed by atoms with E-state index in [-0.39, 0.29) is 11.9 Å². The van der Waals surface area contributed by atoms with Crippen molar-refractivity contribution in [2.45, 2.75) is 33.4 Å². The molecule has 0 saturated carbocycles. The molecule has 106 valence electrons. The zero-order chi connectivity index (χ0) is 14.7. The maximum Gasteiger partial charge on any atom is 0.127 e. The Morgan fingerprint density at radius 2 is 1.85 bits per heavy atom. The normalized spacial score (nSPS) is 12.4. The average Bonchev–Trinajstić information content (AvgIpc) is 2.42. The molecule has 0 saturated heterocycles. The Bertz CT molecular complexity index is 610. The maximum absolute atomic E-state index is 13.7. The van der Waals surface area contributed by atoms with E-state index in [4.69, 9.17) is 0 Å². The van der Waals surface area contributed by atoms with E-state index in [9.17, 15) is 4.39 Å². The summed E-state index contributed by atoms with van der Waals surface area (Å²) in [5.41, 5.74) is 4.47. The molecule has 2 aromatic rings. The smallest absolute Gasteiger partial charge is 0.127 e. The molecule has 0 fully saturated rings. The fraction of sp³-hybridized carbons (Fsp3) is 0.294. The van der Waals surface area contributed by atoms with Crippen molar-refractivity contribution in [3.63, 3.8) is 0 Å². The van der Waals surface area contributed by atoms with E-state index in [1.54, 1.807) is 6.07 Å². The summed E-state index contributed by atoms with van der Waals surface area (Å²) in [5, 5.41) is 3.37. The highest BCUT2D eigenvalue weighted by atomic mass is 79.9. The van der Waals surface area contributed by atoms with Crippen molar-refractivity contribution in [1.29, 1.82) is 0 Å². The van der Waals surface area contributed by atoms with Gasteiger partial charge in [0.25, 0.3) is 0 Å². The number of hydrogen-bond donors (Lipinski definition) is 1. The predicted octanol–water partition coefficient (Wildman–Crippen LogP) is 5.06. The Kier molecular flexibility index (Phi) is 4.95. The molecule has 1 N–H and O–H groups in total. The lowest BCUT2D eigenvalue weighted by Gasteiger charge is -2.16. The molecule has 3 heteroatoms. The van der Waals surface area contributed by atoms with Crippen molar-refractivity contribution >= 4 is 15.9 Å². The minimum Gasteiger partial charge on any atom is -0.306 e. The van der Waals surface area contributed by atoms with Crippen LogP contribution in [0.25, 0.3) is 0 Å². The monoisotopic (exact) mass is 335 g/mol. The molecule has 0 amide bonds. The van der Waals surface area contributed by atoms with Crippen LogP contribution in [0.3, 0.4) is 0 Å². The fourth-order valence-electron chi connectivity index (χ4n) is 2.09. The van der Waals surface area contributed by atoms with Crippen molar-refractivity contribution in [3.8, 4) is 0 Å². The molecule has 0 radical (unpaired) electrons. The second-order valence-corrected chi connectivity index (χ2v) is 6.10. The van der Waals surface area contributed by atoms with Crippen LogP contribution in [0.2, 0.25) is 0 Å². The van der Waals surface area contributed by atoms with Crippen molar-refractivity contribution in [2.24, 2.45) is 0 Å². The molecule has 2 rings (SSSR count). The van der Waals surface area contributed by atoms with Gasteiger partial charge in [-0.15, -0.1) is 0 Å². The van der Waals surface area contributed by atoms with Gasteiger partial charge in [-0.3, -0.25) is 0 Å². The number of hydrogen-bond acceptors (Lipinski definition) is 1. The number of rotatable bonds is 4. The highest BCUT2D eigenvalue weighted by molar-refractivity contribution is 9.10. The van der Waals surface area contributed by atoms with E-state index >= 15 is 0 Å². The van der Waals surface area contributed by atoms with Crippen molar-refractivity contribution in [3.05, 3.63) is 68.9 Å². The third-order valence-corrected chi connectivity index (χ3v) is 4.13. The second-order valence-electron chi connectivity index (χ2n) is 5.18. The van der Waals surface area contributed by atoms with E-state index in [2.05, 4.69) is 60.2 Å². The Labute approximate surface area is 128 Å². The summed E-state index contributed by atoms with van der Waals surface area (Å²) < 4.78 is 14.6. The highest BCUT2D eigenvalue weighted by Crippen LogP contribution is 2.19. The van der Waals surface area contributed by atoms with Crippen LogP contribution in [0.15, 0.2) is 40.9 Å². The third kappa shape index (κ3) is 3.68. The van der Waals surface area contributed by atoms with Crippen LogP contribution < -0.4 is 5.32 Å². The van der Waals surface area contributed by atoms with E-state index < -0.39 is 0 Å². The molecule has 0 aliphatic carbocycles. The van der Waals surface area contributed by atoms with Crippen LogP contribution in [-0.4, -0.2) is 0 Å².